The molecule has 7 heteroatoms. The topological polar surface area (TPSA) is 67.8 Å². The van der Waals surface area contributed by atoms with Gasteiger partial charge in [0.2, 0.25) is 0 Å². The number of carbonyl (C=O) groups excluding carboxylic acids is 1. The molecule has 29 heavy (non-hydrogen) atoms. The van der Waals surface area contributed by atoms with Crippen molar-refractivity contribution in [2.45, 2.75) is 45.3 Å². The van der Waals surface area contributed by atoms with Gasteiger partial charge in [-0.15, -0.1) is 0 Å². The fourth-order valence-corrected chi connectivity index (χ4v) is 4.24. The van der Waals surface area contributed by atoms with E-state index in [9.17, 15) is 9.59 Å². The molecule has 2 aromatic heterocycles. The second kappa shape index (κ2) is 9.46. The average Bonchev–Trinajstić information content (AvgIpc) is 2.96. The average molecular weight is 430 g/mol. The normalized spacial score (nSPS) is 11.0. The third-order valence-electron chi connectivity index (χ3n) is 4.78. The van der Waals surface area contributed by atoms with Crippen LogP contribution in [-0.4, -0.2) is 26.1 Å². The first-order chi connectivity index (χ1) is 13.9. The maximum Gasteiger partial charge on any atom is 0.251 e. The smallest absolute Gasteiger partial charge is 0.251 e. The minimum absolute atomic E-state index is 0.0112. The van der Waals surface area contributed by atoms with Crippen LogP contribution in [0.1, 0.15) is 46.3 Å². The van der Waals surface area contributed by atoms with Crippen LogP contribution in [0.5, 0.6) is 0 Å². The summed E-state index contributed by atoms with van der Waals surface area (Å²) in [6, 6.07) is 11.1. The second-order valence-corrected chi connectivity index (χ2v) is 8.34. The van der Waals surface area contributed by atoms with Crippen LogP contribution >= 0.6 is 23.4 Å². The molecule has 1 aromatic carbocycles. The molecule has 0 aliphatic rings. The van der Waals surface area contributed by atoms with E-state index in [-0.39, 0.29) is 17.1 Å². The third kappa shape index (κ3) is 5.19. The van der Waals surface area contributed by atoms with Crippen molar-refractivity contribution in [2.24, 2.45) is 0 Å². The standard InChI is InChI=1S/C22H24ClN3O2S/c1-4-7-17-11-21(28)25-22(24-17)29-13-20(27)18-10-14(2)26(15(18)3)12-16-8-5-6-9-19(16)23/h5-6,8-11H,4,7,12-13H2,1-3H3,(H,24,25,28). The van der Waals surface area contributed by atoms with Crippen molar-refractivity contribution in [1.82, 2.24) is 14.5 Å². The van der Waals surface area contributed by atoms with E-state index in [1.54, 1.807) is 0 Å². The minimum Gasteiger partial charge on any atom is -0.344 e. The van der Waals surface area contributed by atoms with Gasteiger partial charge in [-0.1, -0.05) is 54.9 Å². The molecule has 0 spiro atoms. The van der Waals surface area contributed by atoms with E-state index in [1.807, 2.05) is 51.1 Å². The molecule has 152 valence electrons. The number of nitrogens with zero attached hydrogens (tertiary/aromatic N) is 2. The van der Waals surface area contributed by atoms with Gasteiger partial charge in [0.1, 0.15) is 0 Å². The van der Waals surface area contributed by atoms with Crippen LogP contribution in [0.3, 0.4) is 0 Å². The van der Waals surface area contributed by atoms with E-state index < -0.39 is 0 Å². The number of benzene rings is 1. The summed E-state index contributed by atoms with van der Waals surface area (Å²) in [5, 5.41) is 1.20. The molecular formula is C22H24ClN3O2S. The number of ketones is 1. The molecule has 0 unspecified atom stereocenters. The van der Waals surface area contributed by atoms with Crippen molar-refractivity contribution in [3.05, 3.63) is 80.0 Å². The zero-order chi connectivity index (χ0) is 21.0. The number of hydrogen-bond donors (Lipinski definition) is 1. The van der Waals surface area contributed by atoms with E-state index in [1.165, 1.54) is 17.8 Å². The molecule has 0 saturated heterocycles. The van der Waals surface area contributed by atoms with Crippen molar-refractivity contribution >= 4 is 29.1 Å². The molecule has 5 nitrogen and oxygen atoms in total. The van der Waals surface area contributed by atoms with Crippen molar-refractivity contribution in [1.29, 1.82) is 0 Å². The number of rotatable bonds is 8. The molecular weight excluding hydrogens is 406 g/mol. The summed E-state index contributed by atoms with van der Waals surface area (Å²) in [7, 11) is 0. The zero-order valence-corrected chi connectivity index (χ0v) is 18.4. The maximum absolute atomic E-state index is 12.8. The Bertz CT molecular complexity index is 1090. The predicted molar refractivity (Wildman–Crippen MR) is 118 cm³/mol. The predicted octanol–water partition coefficient (Wildman–Crippen LogP) is 4.82. The number of thioether (sulfide) groups is 1. The highest BCUT2D eigenvalue weighted by Gasteiger charge is 2.17. The largest absolute Gasteiger partial charge is 0.344 e. The molecule has 3 aromatic rings. The van der Waals surface area contributed by atoms with Crippen molar-refractivity contribution in [2.75, 3.05) is 5.75 Å². The van der Waals surface area contributed by atoms with Crippen LogP contribution in [0.2, 0.25) is 5.02 Å². The lowest BCUT2D eigenvalue weighted by atomic mass is 10.2. The lowest BCUT2D eigenvalue weighted by Gasteiger charge is -2.11. The van der Waals surface area contributed by atoms with E-state index in [0.717, 1.165) is 35.5 Å². The van der Waals surface area contributed by atoms with Gasteiger partial charge in [0.05, 0.1) is 5.75 Å². The third-order valence-corrected chi connectivity index (χ3v) is 6.02. The lowest BCUT2D eigenvalue weighted by molar-refractivity contribution is 0.102. The van der Waals surface area contributed by atoms with Crippen LogP contribution < -0.4 is 5.56 Å². The summed E-state index contributed by atoms with van der Waals surface area (Å²) in [4.78, 5) is 31.8. The molecule has 0 saturated carbocycles. The maximum atomic E-state index is 12.8. The van der Waals surface area contributed by atoms with Crippen LogP contribution in [0.15, 0.2) is 46.3 Å². The van der Waals surface area contributed by atoms with Crippen LogP contribution in [0.25, 0.3) is 0 Å². The molecule has 0 bridgehead atoms. The first-order valence-corrected chi connectivity index (χ1v) is 10.9. The zero-order valence-electron chi connectivity index (χ0n) is 16.8. The Morgan fingerprint density at radius 2 is 2.00 bits per heavy atom. The number of aromatic nitrogens is 3. The highest BCUT2D eigenvalue weighted by molar-refractivity contribution is 7.99. The van der Waals surface area contributed by atoms with Crippen molar-refractivity contribution < 1.29 is 4.79 Å². The molecule has 0 aliphatic carbocycles. The van der Waals surface area contributed by atoms with Crippen molar-refractivity contribution in [3.63, 3.8) is 0 Å². The first kappa shape index (κ1) is 21.4. The van der Waals surface area contributed by atoms with Gasteiger partial charge in [0.15, 0.2) is 10.9 Å². The van der Waals surface area contributed by atoms with E-state index in [4.69, 9.17) is 11.6 Å². The monoisotopic (exact) mass is 429 g/mol. The highest BCUT2D eigenvalue weighted by atomic mass is 35.5. The van der Waals surface area contributed by atoms with Gasteiger partial charge < -0.3 is 9.55 Å². The van der Waals surface area contributed by atoms with Gasteiger partial charge in [-0.3, -0.25) is 9.59 Å². The number of nitrogens with one attached hydrogen (secondary N) is 1. The van der Waals surface area contributed by atoms with Gasteiger partial charge in [0.25, 0.3) is 5.56 Å². The number of aryl methyl sites for hydroxylation is 2. The molecule has 0 radical (unpaired) electrons. The molecule has 0 atom stereocenters. The Morgan fingerprint density at radius 3 is 2.72 bits per heavy atom. The van der Waals surface area contributed by atoms with Crippen LogP contribution in [0.4, 0.5) is 0 Å². The number of halogens is 1. The molecule has 1 N–H and O–H groups in total. The SMILES string of the molecule is CCCc1cc(=O)[nH]c(SCC(=O)c2cc(C)n(Cc3ccccc3Cl)c2C)n1. The second-order valence-electron chi connectivity index (χ2n) is 6.97. The Hall–Kier alpha value is -2.31. The summed E-state index contributed by atoms with van der Waals surface area (Å²) in [6.45, 7) is 6.59. The summed E-state index contributed by atoms with van der Waals surface area (Å²) in [5.74, 6) is 0.228. The van der Waals surface area contributed by atoms with E-state index in [0.29, 0.717) is 22.3 Å². The summed E-state index contributed by atoms with van der Waals surface area (Å²) in [6.07, 6.45) is 1.66. The number of hydrogen-bond acceptors (Lipinski definition) is 4. The number of H-pyrrole nitrogens is 1. The molecule has 0 aliphatic heterocycles. The first-order valence-electron chi connectivity index (χ1n) is 9.55. The van der Waals surface area contributed by atoms with Gasteiger partial charge in [0, 0.05) is 40.3 Å². The van der Waals surface area contributed by atoms with Gasteiger partial charge >= 0.3 is 0 Å². The molecule has 3 rings (SSSR count). The summed E-state index contributed by atoms with van der Waals surface area (Å²) < 4.78 is 2.10. The van der Waals surface area contributed by atoms with Crippen molar-refractivity contribution in [3.8, 4) is 0 Å². The number of aromatic amines is 1. The highest BCUT2D eigenvalue weighted by Crippen LogP contribution is 2.23. The minimum atomic E-state index is -0.184. The van der Waals surface area contributed by atoms with Gasteiger partial charge in [-0.2, -0.15) is 0 Å². The fourth-order valence-electron chi connectivity index (χ4n) is 3.27. The Morgan fingerprint density at radius 1 is 1.24 bits per heavy atom. The fraction of sp³-hybridized carbons (Fsp3) is 0.318. The molecule has 2 heterocycles. The van der Waals surface area contributed by atoms with Crippen LogP contribution in [-0.2, 0) is 13.0 Å². The molecule has 0 fully saturated rings. The van der Waals surface area contributed by atoms with E-state index in [2.05, 4.69) is 14.5 Å². The Labute approximate surface area is 179 Å². The van der Waals surface area contributed by atoms with Gasteiger partial charge in [-0.25, -0.2) is 4.98 Å². The summed E-state index contributed by atoms with van der Waals surface area (Å²) in [5.41, 5.74) is 4.19. The number of Topliss-reactive ketones (excluding diaryl/α,β-unsaturated/α-hetero) is 1. The number of carbonyl (C=O) groups is 1. The van der Waals surface area contributed by atoms with Gasteiger partial charge in [-0.05, 0) is 38.0 Å². The molecule has 0 amide bonds. The van der Waals surface area contributed by atoms with E-state index >= 15 is 0 Å². The Balaban J connectivity index is 1.75. The lowest BCUT2D eigenvalue weighted by Crippen LogP contribution is -2.12. The quantitative estimate of drug-likeness (QED) is 0.316. The Kier molecular flexibility index (Phi) is 6.98. The summed E-state index contributed by atoms with van der Waals surface area (Å²) >= 11 is 7.56. The van der Waals surface area contributed by atoms with Crippen LogP contribution in [0, 0.1) is 13.8 Å².